The van der Waals surface area contributed by atoms with E-state index in [0.717, 1.165) is 31.1 Å². The minimum absolute atomic E-state index is 0.144. The van der Waals surface area contributed by atoms with Gasteiger partial charge in [0.25, 0.3) is 0 Å². The van der Waals surface area contributed by atoms with Gasteiger partial charge in [-0.15, -0.1) is 0 Å². The van der Waals surface area contributed by atoms with Crippen molar-refractivity contribution in [2.24, 2.45) is 0 Å². The van der Waals surface area contributed by atoms with Crippen LogP contribution in [-0.4, -0.2) is 11.6 Å². The first-order chi connectivity index (χ1) is 14.2. The van der Waals surface area contributed by atoms with E-state index in [0.29, 0.717) is 5.56 Å². The number of rotatable bonds is 4. The van der Waals surface area contributed by atoms with E-state index in [2.05, 4.69) is 61.2 Å². The van der Waals surface area contributed by atoms with E-state index in [9.17, 15) is 4.79 Å². The van der Waals surface area contributed by atoms with Crippen LogP contribution < -0.4 is 0 Å². The van der Waals surface area contributed by atoms with Crippen molar-refractivity contribution in [3.63, 3.8) is 0 Å². The summed E-state index contributed by atoms with van der Waals surface area (Å²) in [6.45, 7) is 3.92. The van der Waals surface area contributed by atoms with E-state index in [-0.39, 0.29) is 16.4 Å². The molecule has 3 aromatic carbocycles. The molecule has 0 aliphatic heterocycles. The first-order valence-corrected chi connectivity index (χ1v) is 11.3. The molecule has 1 aliphatic carbocycles. The number of ether oxygens (including phenoxy) is 1. The van der Waals surface area contributed by atoms with Crippen LogP contribution in [0, 0.1) is 0 Å². The zero-order valence-corrected chi connectivity index (χ0v) is 17.1. The van der Waals surface area contributed by atoms with Crippen LogP contribution in [0.2, 0.25) is 0 Å². The fourth-order valence-corrected chi connectivity index (χ4v) is 6.79. The Morgan fingerprint density at radius 1 is 0.897 bits per heavy atom. The van der Waals surface area contributed by atoms with Crippen molar-refractivity contribution in [2.75, 3.05) is 0 Å². The first-order valence-electron chi connectivity index (χ1n) is 10.1. The van der Waals surface area contributed by atoms with E-state index in [1.165, 1.54) is 19.7 Å². The minimum atomic E-state index is -0.498. The fourth-order valence-electron chi connectivity index (χ4n) is 4.41. The monoisotopic (exact) mass is 399 g/mol. The summed E-state index contributed by atoms with van der Waals surface area (Å²) in [7, 11) is -0.144. The maximum Gasteiger partial charge on any atom is 0.339 e. The summed E-state index contributed by atoms with van der Waals surface area (Å²) >= 11 is 0. The van der Waals surface area contributed by atoms with Crippen molar-refractivity contribution < 1.29 is 9.53 Å². The first kappa shape index (κ1) is 18.1. The number of hydrogen-bond donors (Lipinski definition) is 0. The number of hydrogen-bond acceptors (Lipinski definition) is 2. The molecule has 1 fully saturated rings. The van der Waals surface area contributed by atoms with Gasteiger partial charge in [0.2, 0.25) is 0 Å². The molecule has 1 atom stereocenters. The number of esters is 1. The van der Waals surface area contributed by atoms with Crippen molar-refractivity contribution in [3.8, 4) is 4.90 Å². The van der Waals surface area contributed by atoms with E-state index in [4.69, 9.17) is 4.74 Å². The van der Waals surface area contributed by atoms with Crippen molar-refractivity contribution in [1.82, 2.24) is 0 Å². The van der Waals surface area contributed by atoms with Crippen LogP contribution in [0.15, 0.2) is 85.5 Å². The van der Waals surface area contributed by atoms with Gasteiger partial charge in [-0.1, -0.05) is 36.9 Å². The Kier molecular flexibility index (Phi) is 4.48. The van der Waals surface area contributed by atoms with Crippen LogP contribution >= 0.6 is 10.5 Å². The molecule has 29 heavy (non-hydrogen) atoms. The zero-order valence-electron chi connectivity index (χ0n) is 16.3. The van der Waals surface area contributed by atoms with Crippen molar-refractivity contribution >= 4 is 36.6 Å². The summed E-state index contributed by atoms with van der Waals surface area (Å²) in [5.41, 5.74) is 0.118. The second-order valence-electron chi connectivity index (χ2n) is 7.69. The highest BCUT2D eigenvalue weighted by Gasteiger charge is 2.35. The van der Waals surface area contributed by atoms with Crippen LogP contribution in [0.5, 0.6) is 0 Å². The molecule has 4 aromatic rings. The van der Waals surface area contributed by atoms with Gasteiger partial charge in [-0.05, 0) is 74.2 Å². The minimum Gasteiger partial charge on any atom is -0.451 e. The molecule has 1 unspecified atom stereocenters. The lowest BCUT2D eigenvalue weighted by atomic mass is 10.0. The van der Waals surface area contributed by atoms with Crippen molar-refractivity contribution in [2.45, 2.75) is 31.3 Å². The summed E-state index contributed by atoms with van der Waals surface area (Å²) in [6, 6.07) is 25.2. The van der Waals surface area contributed by atoms with Gasteiger partial charge in [0.15, 0.2) is 14.3 Å². The standard InChI is InChI=1S/C26H23O2S/c1-2-26(16-8-9-17-26)28-25(27)19-14-15-24-22(18-19)21-12-6-7-13-23(21)29(24)20-10-4-3-5-11-20/h2-7,10-15,18H,1,8-9,16-17H2/q+1. The molecule has 5 rings (SSSR count). The average Bonchev–Trinajstić information content (AvgIpc) is 3.37. The molecule has 2 nitrogen and oxygen atoms in total. The van der Waals surface area contributed by atoms with E-state index in [1.54, 1.807) is 0 Å². The Bertz CT molecular complexity index is 1210. The number of thiophene rings is 1. The predicted octanol–water partition coefficient (Wildman–Crippen LogP) is 7.39. The van der Waals surface area contributed by atoms with Crippen molar-refractivity contribution in [1.29, 1.82) is 0 Å². The summed E-state index contributed by atoms with van der Waals surface area (Å²) in [4.78, 5) is 14.3. The Morgan fingerprint density at radius 3 is 2.34 bits per heavy atom. The molecular formula is C26H23O2S+. The second kappa shape index (κ2) is 7.16. The third-order valence-corrected chi connectivity index (χ3v) is 8.26. The topological polar surface area (TPSA) is 26.3 Å². The van der Waals surface area contributed by atoms with Gasteiger partial charge in [-0.3, -0.25) is 0 Å². The lowest BCUT2D eigenvalue weighted by Crippen LogP contribution is -2.29. The lowest BCUT2D eigenvalue weighted by molar-refractivity contribution is 0.00672. The average molecular weight is 400 g/mol. The Balaban J connectivity index is 1.63. The number of benzene rings is 3. The van der Waals surface area contributed by atoms with Crippen LogP contribution in [0.4, 0.5) is 0 Å². The molecule has 0 bridgehead atoms. The number of carbonyl (C=O) groups is 1. The van der Waals surface area contributed by atoms with Gasteiger partial charge < -0.3 is 4.74 Å². The Morgan fingerprint density at radius 2 is 1.59 bits per heavy atom. The third-order valence-electron chi connectivity index (χ3n) is 5.93. The predicted molar refractivity (Wildman–Crippen MR) is 122 cm³/mol. The Hall–Kier alpha value is -2.91. The maximum atomic E-state index is 13.0. The second-order valence-corrected chi connectivity index (χ2v) is 9.66. The van der Waals surface area contributed by atoms with Crippen molar-refractivity contribution in [3.05, 3.63) is 91.0 Å². The molecule has 1 saturated carbocycles. The van der Waals surface area contributed by atoms with E-state index < -0.39 is 5.60 Å². The molecule has 1 aromatic heterocycles. The normalized spacial score (nSPS) is 16.2. The fraction of sp³-hybridized carbons (Fsp3) is 0.192. The SMILES string of the molecule is C=CC1(OC(=O)c2ccc3c(c2)c2ccccc2[s+]3-c2ccccc2)CCCC1. The summed E-state index contributed by atoms with van der Waals surface area (Å²) in [5.74, 6) is -0.251. The zero-order chi connectivity index (χ0) is 19.8. The smallest absolute Gasteiger partial charge is 0.339 e. The van der Waals surface area contributed by atoms with Crippen LogP contribution in [0.3, 0.4) is 0 Å². The molecule has 144 valence electrons. The van der Waals surface area contributed by atoms with E-state index in [1.807, 2.05) is 24.3 Å². The lowest BCUT2D eigenvalue weighted by Gasteiger charge is -2.25. The summed E-state index contributed by atoms with van der Waals surface area (Å²) in [5, 5.41) is 2.35. The molecule has 0 amide bonds. The van der Waals surface area contributed by atoms with Gasteiger partial charge in [0, 0.05) is 21.2 Å². The van der Waals surface area contributed by atoms with E-state index >= 15 is 0 Å². The highest BCUT2D eigenvalue weighted by atomic mass is 32.2. The summed E-state index contributed by atoms with van der Waals surface area (Å²) in [6.07, 6.45) is 5.71. The van der Waals surface area contributed by atoms with Gasteiger partial charge in [0.05, 0.1) is 5.56 Å². The van der Waals surface area contributed by atoms with Gasteiger partial charge >= 0.3 is 5.97 Å². The largest absolute Gasteiger partial charge is 0.451 e. The molecule has 1 heterocycles. The van der Waals surface area contributed by atoms with Gasteiger partial charge in [-0.2, -0.15) is 0 Å². The molecule has 0 saturated heterocycles. The van der Waals surface area contributed by atoms with Gasteiger partial charge in [-0.25, -0.2) is 4.79 Å². The maximum absolute atomic E-state index is 13.0. The highest BCUT2D eigenvalue weighted by molar-refractivity contribution is 7.50. The number of carbonyl (C=O) groups excluding carboxylic acids is 1. The molecule has 1 aliphatic rings. The molecule has 3 heteroatoms. The Labute approximate surface area is 173 Å². The van der Waals surface area contributed by atoms with Crippen LogP contribution in [-0.2, 0) is 4.74 Å². The third kappa shape index (κ3) is 3.06. The molecular weight excluding hydrogens is 376 g/mol. The van der Waals surface area contributed by atoms with Gasteiger partial charge in [0.1, 0.15) is 5.60 Å². The quantitative estimate of drug-likeness (QED) is 0.203. The molecule has 0 radical (unpaired) electrons. The highest BCUT2D eigenvalue weighted by Crippen LogP contribution is 2.48. The molecule has 0 spiro atoms. The number of fused-ring (bicyclic) bond motifs is 3. The molecule has 0 N–H and O–H groups in total. The van der Waals surface area contributed by atoms with Crippen LogP contribution in [0.25, 0.3) is 25.1 Å². The van der Waals surface area contributed by atoms with Crippen LogP contribution in [0.1, 0.15) is 36.0 Å². The summed E-state index contributed by atoms with van der Waals surface area (Å²) < 4.78 is 8.53.